The Hall–Kier alpha value is -2.53. The fourth-order valence-corrected chi connectivity index (χ4v) is 3.56. The molecule has 138 valence electrons. The fraction of sp³-hybridized carbons (Fsp3) is 0.381. The third kappa shape index (κ3) is 3.83. The van der Waals surface area contributed by atoms with Crippen molar-refractivity contribution in [1.82, 2.24) is 5.32 Å². The average Bonchev–Trinajstić information content (AvgIpc) is 2.70. The second kappa shape index (κ2) is 8.23. The molecule has 2 unspecified atom stereocenters. The number of benzene rings is 2. The van der Waals surface area contributed by atoms with Crippen LogP contribution < -0.4 is 14.8 Å². The number of methoxy groups -OCH3 is 2. The summed E-state index contributed by atoms with van der Waals surface area (Å²) in [5.74, 6) is 1.00. The predicted octanol–water partition coefficient (Wildman–Crippen LogP) is 2.97. The molecule has 2 aromatic carbocycles. The topological polar surface area (TPSA) is 67.8 Å². The quantitative estimate of drug-likeness (QED) is 0.836. The van der Waals surface area contributed by atoms with Crippen LogP contribution in [0.3, 0.4) is 0 Å². The normalized spacial score (nSPS) is 17.1. The molecule has 2 aromatic rings. The van der Waals surface area contributed by atoms with Crippen LogP contribution in [0.1, 0.15) is 41.6 Å². The van der Waals surface area contributed by atoms with Gasteiger partial charge in [-0.25, -0.2) is 0 Å². The number of amides is 1. The molecule has 0 heterocycles. The molecule has 1 aliphatic rings. The maximum absolute atomic E-state index is 12.7. The molecule has 5 nitrogen and oxygen atoms in total. The highest BCUT2D eigenvalue weighted by Gasteiger charge is 2.26. The van der Waals surface area contributed by atoms with Crippen LogP contribution in [0.4, 0.5) is 0 Å². The molecule has 0 fully saturated rings. The van der Waals surface area contributed by atoms with Gasteiger partial charge in [0.25, 0.3) is 0 Å². The number of hydrogen-bond acceptors (Lipinski definition) is 4. The molecule has 0 aromatic heterocycles. The maximum atomic E-state index is 12.7. The molecule has 0 bridgehead atoms. The molecule has 0 radical (unpaired) electrons. The number of aliphatic hydroxyl groups is 1. The molecule has 26 heavy (non-hydrogen) atoms. The zero-order valence-electron chi connectivity index (χ0n) is 15.2. The van der Waals surface area contributed by atoms with Crippen LogP contribution in [-0.2, 0) is 11.2 Å². The molecular weight excluding hydrogens is 330 g/mol. The summed E-state index contributed by atoms with van der Waals surface area (Å²) >= 11 is 0. The van der Waals surface area contributed by atoms with Crippen LogP contribution in [0, 0.1) is 0 Å². The van der Waals surface area contributed by atoms with Gasteiger partial charge in [0.05, 0.1) is 26.2 Å². The summed E-state index contributed by atoms with van der Waals surface area (Å²) in [5.41, 5.74) is 2.94. The summed E-state index contributed by atoms with van der Waals surface area (Å²) in [6.45, 7) is 0.126. The van der Waals surface area contributed by atoms with Gasteiger partial charge < -0.3 is 19.9 Å². The van der Waals surface area contributed by atoms with Gasteiger partial charge in [0.15, 0.2) is 0 Å². The van der Waals surface area contributed by atoms with Gasteiger partial charge in [-0.3, -0.25) is 4.79 Å². The highest BCUT2D eigenvalue weighted by atomic mass is 16.5. The van der Waals surface area contributed by atoms with Crippen molar-refractivity contribution < 1.29 is 19.4 Å². The van der Waals surface area contributed by atoms with Gasteiger partial charge in [0.2, 0.25) is 5.91 Å². The van der Waals surface area contributed by atoms with Crippen molar-refractivity contribution in [2.45, 2.75) is 31.3 Å². The van der Waals surface area contributed by atoms with E-state index in [4.69, 9.17) is 9.47 Å². The first kappa shape index (κ1) is 18.3. The monoisotopic (exact) mass is 355 g/mol. The minimum atomic E-state index is -0.872. The number of nitrogens with one attached hydrogen (secondary N) is 1. The Balaban J connectivity index is 1.69. The molecule has 2 atom stereocenters. The number of carbonyl (C=O) groups is 1. The predicted molar refractivity (Wildman–Crippen MR) is 99.6 cm³/mol. The molecule has 0 saturated carbocycles. The van der Waals surface area contributed by atoms with Crippen LogP contribution in [0.25, 0.3) is 0 Å². The maximum Gasteiger partial charge on any atom is 0.227 e. The number of aliphatic hydroxyl groups excluding tert-OH is 1. The van der Waals surface area contributed by atoms with E-state index in [-0.39, 0.29) is 18.4 Å². The van der Waals surface area contributed by atoms with Crippen molar-refractivity contribution in [2.24, 2.45) is 0 Å². The van der Waals surface area contributed by atoms with E-state index in [1.165, 1.54) is 5.56 Å². The van der Waals surface area contributed by atoms with Gasteiger partial charge in [-0.1, -0.05) is 24.3 Å². The van der Waals surface area contributed by atoms with Crippen molar-refractivity contribution in [1.29, 1.82) is 0 Å². The molecule has 0 saturated heterocycles. The molecular formula is C21H25NO4. The van der Waals surface area contributed by atoms with Gasteiger partial charge in [0, 0.05) is 12.1 Å². The standard InChI is InChI=1S/C21H25NO4/c1-25-15-10-11-20(26-2)18(12-15)19(23)13-22-21(24)17-9-5-7-14-6-3-4-8-16(14)17/h3-4,6,8,10-12,17,19,23H,5,7,9,13H2,1-2H3,(H,22,24). The van der Waals surface area contributed by atoms with Gasteiger partial charge in [-0.2, -0.15) is 0 Å². The van der Waals surface area contributed by atoms with Crippen LogP contribution >= 0.6 is 0 Å². The van der Waals surface area contributed by atoms with Crippen molar-refractivity contribution in [2.75, 3.05) is 20.8 Å². The SMILES string of the molecule is COc1ccc(OC)c(C(O)CNC(=O)C2CCCc3ccccc32)c1. The lowest BCUT2D eigenvalue weighted by Gasteiger charge is -2.25. The lowest BCUT2D eigenvalue weighted by molar-refractivity contribution is -0.123. The Kier molecular flexibility index (Phi) is 5.78. The van der Waals surface area contributed by atoms with E-state index in [0.717, 1.165) is 24.8 Å². The number of carbonyl (C=O) groups excluding carboxylic acids is 1. The molecule has 0 spiro atoms. The van der Waals surface area contributed by atoms with Crippen molar-refractivity contribution in [3.05, 3.63) is 59.2 Å². The minimum absolute atomic E-state index is 0.0435. The highest BCUT2D eigenvalue weighted by Crippen LogP contribution is 2.32. The molecule has 0 aliphatic heterocycles. The zero-order valence-corrected chi connectivity index (χ0v) is 15.2. The first-order valence-corrected chi connectivity index (χ1v) is 8.89. The number of fused-ring (bicyclic) bond motifs is 1. The van der Waals surface area contributed by atoms with E-state index in [9.17, 15) is 9.90 Å². The second-order valence-electron chi connectivity index (χ2n) is 6.51. The van der Waals surface area contributed by atoms with Crippen LogP contribution in [0.5, 0.6) is 11.5 Å². The van der Waals surface area contributed by atoms with Gasteiger partial charge in [-0.15, -0.1) is 0 Å². The zero-order chi connectivity index (χ0) is 18.5. The number of rotatable bonds is 6. The first-order valence-electron chi connectivity index (χ1n) is 8.89. The van der Waals surface area contributed by atoms with E-state index < -0.39 is 6.10 Å². The molecule has 1 amide bonds. The Bertz CT molecular complexity index is 774. The lowest BCUT2D eigenvalue weighted by Crippen LogP contribution is -2.34. The van der Waals surface area contributed by atoms with E-state index in [0.29, 0.717) is 17.1 Å². The van der Waals surface area contributed by atoms with Crippen molar-refractivity contribution >= 4 is 5.91 Å². The highest BCUT2D eigenvalue weighted by molar-refractivity contribution is 5.84. The Morgan fingerprint density at radius 1 is 1.23 bits per heavy atom. The summed E-state index contributed by atoms with van der Waals surface area (Å²) < 4.78 is 10.5. The Labute approximate surface area is 153 Å². The van der Waals surface area contributed by atoms with E-state index >= 15 is 0 Å². The Morgan fingerprint density at radius 3 is 2.81 bits per heavy atom. The number of aryl methyl sites for hydroxylation is 1. The van der Waals surface area contributed by atoms with E-state index in [2.05, 4.69) is 11.4 Å². The molecule has 5 heteroatoms. The smallest absolute Gasteiger partial charge is 0.227 e. The average molecular weight is 355 g/mol. The minimum Gasteiger partial charge on any atom is -0.497 e. The number of hydrogen-bond donors (Lipinski definition) is 2. The summed E-state index contributed by atoms with van der Waals surface area (Å²) in [5, 5.41) is 13.4. The van der Waals surface area contributed by atoms with Gasteiger partial charge in [-0.05, 0) is 48.6 Å². The number of ether oxygens (including phenoxy) is 2. The van der Waals surface area contributed by atoms with Crippen LogP contribution in [0.15, 0.2) is 42.5 Å². The Morgan fingerprint density at radius 2 is 2.04 bits per heavy atom. The first-order chi connectivity index (χ1) is 12.6. The lowest BCUT2D eigenvalue weighted by atomic mass is 9.82. The molecule has 1 aliphatic carbocycles. The summed E-state index contributed by atoms with van der Waals surface area (Å²) in [6, 6.07) is 13.3. The van der Waals surface area contributed by atoms with E-state index in [1.807, 2.05) is 18.2 Å². The van der Waals surface area contributed by atoms with Crippen LogP contribution in [0.2, 0.25) is 0 Å². The van der Waals surface area contributed by atoms with Gasteiger partial charge >= 0.3 is 0 Å². The fourth-order valence-electron chi connectivity index (χ4n) is 3.56. The molecule has 3 rings (SSSR count). The van der Waals surface area contributed by atoms with E-state index in [1.54, 1.807) is 32.4 Å². The second-order valence-corrected chi connectivity index (χ2v) is 6.51. The van der Waals surface area contributed by atoms with Gasteiger partial charge in [0.1, 0.15) is 11.5 Å². The van der Waals surface area contributed by atoms with Crippen molar-refractivity contribution in [3.63, 3.8) is 0 Å². The summed E-state index contributed by atoms with van der Waals surface area (Å²) in [4.78, 5) is 12.7. The third-order valence-corrected chi connectivity index (χ3v) is 4.95. The van der Waals surface area contributed by atoms with Crippen LogP contribution in [-0.4, -0.2) is 31.8 Å². The summed E-state index contributed by atoms with van der Waals surface area (Å²) in [7, 11) is 3.12. The molecule has 2 N–H and O–H groups in total. The summed E-state index contributed by atoms with van der Waals surface area (Å²) in [6.07, 6.45) is 1.98. The van der Waals surface area contributed by atoms with Crippen molar-refractivity contribution in [3.8, 4) is 11.5 Å². The largest absolute Gasteiger partial charge is 0.497 e. The third-order valence-electron chi connectivity index (χ3n) is 4.95.